The molecule has 0 spiro atoms. The first-order chi connectivity index (χ1) is 8.93. The van der Waals surface area contributed by atoms with Gasteiger partial charge in [-0.2, -0.15) is 0 Å². The SMILES string of the molecule is C#[N+]CC1COCCOCCOCCOCCO1. The van der Waals surface area contributed by atoms with Crippen LogP contribution in [0.25, 0.3) is 4.85 Å². The first-order valence-electron chi connectivity index (χ1n) is 6.22. The van der Waals surface area contributed by atoms with Gasteiger partial charge in [0, 0.05) is 0 Å². The van der Waals surface area contributed by atoms with Crippen LogP contribution in [0, 0.1) is 6.57 Å². The van der Waals surface area contributed by atoms with Crippen molar-refractivity contribution in [1.82, 2.24) is 0 Å². The van der Waals surface area contributed by atoms with E-state index in [1.165, 1.54) is 0 Å². The molecule has 6 nitrogen and oxygen atoms in total. The summed E-state index contributed by atoms with van der Waals surface area (Å²) >= 11 is 0. The average molecular weight is 260 g/mol. The number of ether oxygens (including phenoxy) is 5. The van der Waals surface area contributed by atoms with Crippen LogP contribution in [0.15, 0.2) is 0 Å². The molecule has 0 bridgehead atoms. The molecule has 0 radical (unpaired) electrons. The molecule has 0 aliphatic carbocycles. The molecule has 1 heterocycles. The average Bonchev–Trinajstić information content (AvgIpc) is 2.39. The maximum Gasteiger partial charge on any atom is 0.291 e. The number of hydrogen-bond acceptors (Lipinski definition) is 5. The van der Waals surface area contributed by atoms with Gasteiger partial charge in [0.05, 0.1) is 59.5 Å². The summed E-state index contributed by atoms with van der Waals surface area (Å²) in [5, 5.41) is 0. The molecule has 6 heteroatoms. The van der Waals surface area contributed by atoms with Crippen molar-refractivity contribution in [2.75, 3.05) is 66.0 Å². The molecule has 1 unspecified atom stereocenters. The van der Waals surface area contributed by atoms with E-state index in [1.807, 2.05) is 0 Å². The zero-order chi connectivity index (χ0) is 12.9. The molecular weight excluding hydrogens is 238 g/mol. The summed E-state index contributed by atoms with van der Waals surface area (Å²) in [7, 11) is 0. The molecular formula is C12H22NO5+. The Morgan fingerprint density at radius 2 is 1.28 bits per heavy atom. The summed E-state index contributed by atoms with van der Waals surface area (Å²) in [6, 6.07) is 0. The normalized spacial score (nSPS) is 25.6. The minimum atomic E-state index is -0.125. The topological polar surface area (TPSA) is 50.5 Å². The van der Waals surface area contributed by atoms with Crippen molar-refractivity contribution in [3.05, 3.63) is 4.85 Å². The summed E-state index contributed by atoms with van der Waals surface area (Å²) in [6.45, 7) is 10.4. The zero-order valence-corrected chi connectivity index (χ0v) is 10.7. The van der Waals surface area contributed by atoms with Crippen LogP contribution in [0.1, 0.15) is 0 Å². The van der Waals surface area contributed by atoms with Gasteiger partial charge in [0.25, 0.3) is 13.1 Å². The highest BCUT2D eigenvalue weighted by molar-refractivity contribution is 4.74. The van der Waals surface area contributed by atoms with Crippen molar-refractivity contribution in [3.8, 4) is 6.57 Å². The van der Waals surface area contributed by atoms with Gasteiger partial charge < -0.3 is 23.7 Å². The van der Waals surface area contributed by atoms with Crippen LogP contribution in [0.2, 0.25) is 0 Å². The molecule has 18 heavy (non-hydrogen) atoms. The molecule has 0 saturated carbocycles. The Labute approximate surface area is 108 Å². The largest absolute Gasteiger partial charge is 0.377 e. The van der Waals surface area contributed by atoms with Crippen molar-refractivity contribution in [2.45, 2.75) is 6.10 Å². The summed E-state index contributed by atoms with van der Waals surface area (Å²) in [4.78, 5) is 3.58. The summed E-state index contributed by atoms with van der Waals surface area (Å²) in [5.41, 5.74) is 0. The van der Waals surface area contributed by atoms with Crippen molar-refractivity contribution >= 4 is 0 Å². The van der Waals surface area contributed by atoms with Crippen LogP contribution < -0.4 is 0 Å². The van der Waals surface area contributed by atoms with Crippen molar-refractivity contribution in [3.63, 3.8) is 0 Å². The van der Waals surface area contributed by atoms with Crippen LogP contribution in [-0.4, -0.2) is 72.1 Å². The molecule has 1 saturated heterocycles. The quantitative estimate of drug-likeness (QED) is 0.683. The molecule has 1 rings (SSSR count). The van der Waals surface area contributed by atoms with Gasteiger partial charge in [-0.1, -0.05) is 4.85 Å². The fourth-order valence-corrected chi connectivity index (χ4v) is 1.42. The smallest absolute Gasteiger partial charge is 0.291 e. The molecule has 0 amide bonds. The van der Waals surface area contributed by atoms with Gasteiger partial charge in [0.1, 0.15) is 0 Å². The number of rotatable bonds is 1. The van der Waals surface area contributed by atoms with Crippen LogP contribution >= 0.6 is 0 Å². The van der Waals surface area contributed by atoms with Gasteiger partial charge in [-0.05, 0) is 0 Å². The Balaban J connectivity index is 2.22. The Kier molecular flexibility index (Phi) is 9.71. The lowest BCUT2D eigenvalue weighted by Gasteiger charge is -2.12. The molecule has 0 aromatic carbocycles. The fourth-order valence-electron chi connectivity index (χ4n) is 1.42. The molecule has 0 N–H and O–H groups in total. The molecule has 1 aliphatic heterocycles. The highest BCUT2D eigenvalue weighted by Crippen LogP contribution is 1.96. The summed E-state index contributed by atoms with van der Waals surface area (Å²) < 4.78 is 27.0. The molecule has 0 aromatic heterocycles. The second-order valence-electron chi connectivity index (χ2n) is 3.77. The van der Waals surface area contributed by atoms with E-state index < -0.39 is 0 Å². The van der Waals surface area contributed by atoms with Crippen LogP contribution in [0.5, 0.6) is 0 Å². The van der Waals surface area contributed by atoms with Crippen molar-refractivity contribution in [1.29, 1.82) is 0 Å². The number of nitrogens with zero attached hydrogens (tertiary/aromatic N) is 1. The maximum atomic E-state index is 5.55. The van der Waals surface area contributed by atoms with Gasteiger partial charge in [0.2, 0.25) is 0 Å². The predicted molar refractivity (Wildman–Crippen MR) is 66.2 cm³/mol. The number of hydrogen-bond donors (Lipinski definition) is 0. The van der Waals surface area contributed by atoms with E-state index in [2.05, 4.69) is 4.85 Å². The Hall–Kier alpha value is -0.710. The van der Waals surface area contributed by atoms with E-state index in [0.29, 0.717) is 66.0 Å². The standard InChI is InChI=1S/C12H22NO5/c1-13-10-12-11-17-7-6-15-3-2-14-4-5-16-8-9-18-12/h1,12H,2-11H2/q+1. The lowest BCUT2D eigenvalue weighted by Crippen LogP contribution is -2.25. The summed E-state index contributed by atoms with van der Waals surface area (Å²) in [6.07, 6.45) is -0.125. The van der Waals surface area contributed by atoms with E-state index in [0.717, 1.165) is 0 Å². The van der Waals surface area contributed by atoms with Crippen LogP contribution in [0.3, 0.4) is 0 Å². The van der Waals surface area contributed by atoms with Crippen LogP contribution in [0.4, 0.5) is 0 Å². The lowest BCUT2D eigenvalue weighted by molar-refractivity contribution is -0.0388. The molecule has 1 atom stereocenters. The van der Waals surface area contributed by atoms with E-state index in [-0.39, 0.29) is 6.10 Å². The molecule has 0 aromatic rings. The Bertz CT molecular complexity index is 215. The van der Waals surface area contributed by atoms with Gasteiger partial charge in [0.15, 0.2) is 6.10 Å². The maximum absolute atomic E-state index is 5.55. The van der Waals surface area contributed by atoms with Gasteiger partial charge in [-0.15, -0.1) is 0 Å². The van der Waals surface area contributed by atoms with E-state index in [9.17, 15) is 0 Å². The first-order valence-corrected chi connectivity index (χ1v) is 6.22. The first kappa shape index (κ1) is 15.3. The third-order valence-electron chi connectivity index (χ3n) is 2.31. The van der Waals surface area contributed by atoms with E-state index in [4.69, 9.17) is 30.3 Å². The predicted octanol–water partition coefficient (Wildman–Crippen LogP) is 0.414. The minimum Gasteiger partial charge on any atom is -0.377 e. The van der Waals surface area contributed by atoms with E-state index >= 15 is 0 Å². The molecule has 104 valence electrons. The van der Waals surface area contributed by atoms with Gasteiger partial charge >= 0.3 is 0 Å². The summed E-state index contributed by atoms with van der Waals surface area (Å²) in [5.74, 6) is 0. The highest BCUT2D eigenvalue weighted by atomic mass is 16.6. The third kappa shape index (κ3) is 8.39. The third-order valence-corrected chi connectivity index (χ3v) is 2.31. The van der Waals surface area contributed by atoms with Crippen molar-refractivity contribution < 1.29 is 23.7 Å². The van der Waals surface area contributed by atoms with Crippen molar-refractivity contribution in [2.24, 2.45) is 0 Å². The van der Waals surface area contributed by atoms with E-state index in [1.54, 1.807) is 0 Å². The lowest BCUT2D eigenvalue weighted by atomic mass is 10.4. The van der Waals surface area contributed by atoms with Crippen LogP contribution in [-0.2, 0) is 23.7 Å². The monoisotopic (exact) mass is 260 g/mol. The zero-order valence-electron chi connectivity index (χ0n) is 10.7. The van der Waals surface area contributed by atoms with Gasteiger partial charge in [-0.3, -0.25) is 0 Å². The Morgan fingerprint density at radius 3 is 1.83 bits per heavy atom. The second kappa shape index (κ2) is 11.4. The molecule has 1 fully saturated rings. The highest BCUT2D eigenvalue weighted by Gasteiger charge is 2.14. The van der Waals surface area contributed by atoms with Gasteiger partial charge in [-0.25, -0.2) is 0 Å². The molecule has 1 aliphatic rings. The fraction of sp³-hybridized carbons (Fsp3) is 0.917. The Morgan fingerprint density at radius 1 is 0.778 bits per heavy atom. The minimum absolute atomic E-state index is 0.125. The second-order valence-corrected chi connectivity index (χ2v) is 3.77.